The molecule has 0 aromatic rings. The van der Waals surface area contributed by atoms with Crippen LogP contribution in [0.25, 0.3) is 0 Å². The van der Waals surface area contributed by atoms with Gasteiger partial charge in [0.2, 0.25) is 0 Å². The normalized spacial score (nSPS) is 17.9. The van der Waals surface area contributed by atoms with E-state index in [2.05, 4.69) is 10.3 Å². The van der Waals surface area contributed by atoms with Gasteiger partial charge in [-0.15, -0.1) is 0 Å². The lowest BCUT2D eigenvalue weighted by Gasteiger charge is -2.02. The van der Waals surface area contributed by atoms with E-state index in [-0.39, 0.29) is 22.9 Å². The Morgan fingerprint density at radius 1 is 1.00 bits per heavy atom. The van der Waals surface area contributed by atoms with E-state index in [1.807, 2.05) is 0 Å². The predicted molar refractivity (Wildman–Crippen MR) is 56.3 cm³/mol. The van der Waals surface area contributed by atoms with Gasteiger partial charge in [-0.1, -0.05) is 10.3 Å². The zero-order valence-corrected chi connectivity index (χ0v) is 9.47. The van der Waals surface area contributed by atoms with Crippen LogP contribution < -0.4 is 0 Å². The smallest absolute Gasteiger partial charge is 0.118 e. The molecule has 0 aliphatic heterocycles. The van der Waals surface area contributed by atoms with Crippen LogP contribution in [-0.4, -0.2) is 54.3 Å². The summed E-state index contributed by atoms with van der Waals surface area (Å²) >= 11 is 0. The highest BCUT2D eigenvalue weighted by molar-refractivity contribution is 7.86. The average Bonchev–Trinajstić information content (AvgIpc) is 2.10. The lowest BCUT2D eigenvalue weighted by molar-refractivity contribution is 0.314. The van der Waals surface area contributed by atoms with Crippen LogP contribution in [0, 0.1) is 0 Å². The van der Waals surface area contributed by atoms with Crippen LogP contribution in [0.4, 0.5) is 0 Å². The second-order valence-corrected chi connectivity index (χ2v) is 5.40. The summed E-state index contributed by atoms with van der Waals surface area (Å²) in [7, 11) is -2.43. The maximum absolute atomic E-state index is 10.8. The van der Waals surface area contributed by atoms with Gasteiger partial charge < -0.3 is 10.4 Å². The second kappa shape index (κ2) is 6.66. The maximum atomic E-state index is 10.8. The SMILES string of the molecule is C[S@](=O)CC(=N\O)/C(C[S@@](C)=O)=N/O. The van der Waals surface area contributed by atoms with Crippen LogP contribution in [-0.2, 0) is 21.6 Å². The molecule has 82 valence electrons. The first-order valence-corrected chi connectivity index (χ1v) is 6.99. The van der Waals surface area contributed by atoms with Crippen LogP contribution in [0.3, 0.4) is 0 Å². The van der Waals surface area contributed by atoms with Crippen LogP contribution in [0.2, 0.25) is 0 Å². The van der Waals surface area contributed by atoms with Crippen molar-refractivity contribution in [2.75, 3.05) is 24.0 Å². The standard InChI is InChI=1S/C6H12N2O4S2/c1-13(11)3-5(7-9)6(8-10)4-14(2)12/h9-10H,3-4H2,1-2H3/b7-5+,8-6+/t13-,14+. The van der Waals surface area contributed by atoms with Crippen molar-refractivity contribution in [2.24, 2.45) is 10.3 Å². The van der Waals surface area contributed by atoms with Crippen molar-refractivity contribution in [3.05, 3.63) is 0 Å². The number of oxime groups is 2. The molecule has 0 spiro atoms. The summed E-state index contributed by atoms with van der Waals surface area (Å²) < 4.78 is 21.7. The topological polar surface area (TPSA) is 99.3 Å². The molecule has 8 heteroatoms. The molecule has 0 aliphatic carbocycles. The molecule has 0 saturated carbocycles. The number of rotatable bonds is 5. The summed E-state index contributed by atoms with van der Waals surface area (Å²) in [5.74, 6) is -0.0693. The van der Waals surface area contributed by atoms with Crippen LogP contribution >= 0.6 is 0 Å². The number of nitrogens with zero attached hydrogens (tertiary/aromatic N) is 2. The van der Waals surface area contributed by atoms with Crippen LogP contribution in [0.15, 0.2) is 10.3 Å². The summed E-state index contributed by atoms with van der Waals surface area (Å²) in [5.41, 5.74) is -0.0212. The summed E-state index contributed by atoms with van der Waals surface area (Å²) in [4.78, 5) is 0. The molecule has 6 nitrogen and oxygen atoms in total. The third-order valence-corrected chi connectivity index (χ3v) is 2.61. The fraction of sp³-hybridized carbons (Fsp3) is 0.667. The van der Waals surface area contributed by atoms with Crippen molar-refractivity contribution in [3.8, 4) is 0 Å². The highest BCUT2D eigenvalue weighted by atomic mass is 32.2. The van der Waals surface area contributed by atoms with Crippen molar-refractivity contribution in [1.29, 1.82) is 0 Å². The van der Waals surface area contributed by atoms with E-state index < -0.39 is 21.6 Å². The molecule has 0 radical (unpaired) electrons. The first-order valence-electron chi connectivity index (χ1n) is 3.53. The van der Waals surface area contributed by atoms with Gasteiger partial charge in [0.05, 0.1) is 11.5 Å². The molecule has 0 aromatic heterocycles. The Morgan fingerprint density at radius 2 is 1.29 bits per heavy atom. The highest BCUT2D eigenvalue weighted by Crippen LogP contribution is 1.91. The third-order valence-electron chi connectivity index (χ3n) is 1.25. The minimum atomic E-state index is -1.21. The lowest BCUT2D eigenvalue weighted by atomic mass is 10.3. The highest BCUT2D eigenvalue weighted by Gasteiger charge is 2.14. The van der Waals surface area contributed by atoms with Crippen molar-refractivity contribution in [1.82, 2.24) is 0 Å². The molecule has 0 bridgehead atoms. The lowest BCUT2D eigenvalue weighted by Crippen LogP contribution is -2.26. The first kappa shape index (κ1) is 13.2. The molecule has 2 atom stereocenters. The fourth-order valence-electron chi connectivity index (χ4n) is 0.725. The summed E-state index contributed by atoms with van der Waals surface area (Å²) in [6.45, 7) is 0. The predicted octanol–water partition coefficient (Wildman–Crippen LogP) is -0.596. The van der Waals surface area contributed by atoms with E-state index in [4.69, 9.17) is 10.4 Å². The Kier molecular flexibility index (Phi) is 6.30. The van der Waals surface area contributed by atoms with Crippen molar-refractivity contribution >= 4 is 33.0 Å². The summed E-state index contributed by atoms with van der Waals surface area (Å²) in [6.07, 6.45) is 2.84. The monoisotopic (exact) mass is 240 g/mol. The Balaban J connectivity index is 4.65. The van der Waals surface area contributed by atoms with Crippen LogP contribution in [0.5, 0.6) is 0 Å². The summed E-state index contributed by atoms with van der Waals surface area (Å²) in [5, 5.41) is 22.8. The molecule has 0 amide bonds. The van der Waals surface area contributed by atoms with Crippen molar-refractivity contribution < 1.29 is 18.8 Å². The minimum absolute atomic E-state index is 0.0106. The molecular weight excluding hydrogens is 228 g/mol. The Bertz CT molecular complexity index is 270. The summed E-state index contributed by atoms with van der Waals surface area (Å²) in [6, 6.07) is 0. The number of hydrogen-bond acceptors (Lipinski definition) is 6. The molecule has 2 N–H and O–H groups in total. The van der Waals surface area contributed by atoms with E-state index in [9.17, 15) is 8.42 Å². The second-order valence-electron chi connectivity index (χ2n) is 2.53. The van der Waals surface area contributed by atoms with Crippen molar-refractivity contribution in [2.45, 2.75) is 0 Å². The van der Waals surface area contributed by atoms with Gasteiger partial charge in [-0.3, -0.25) is 8.42 Å². The Hall–Kier alpha value is -0.760. The van der Waals surface area contributed by atoms with Gasteiger partial charge in [0.1, 0.15) is 11.4 Å². The van der Waals surface area contributed by atoms with E-state index >= 15 is 0 Å². The Labute approximate surface area is 86.6 Å². The van der Waals surface area contributed by atoms with Gasteiger partial charge in [-0.2, -0.15) is 0 Å². The van der Waals surface area contributed by atoms with Gasteiger partial charge in [0.15, 0.2) is 0 Å². The quantitative estimate of drug-likeness (QED) is 0.381. The molecule has 0 fully saturated rings. The van der Waals surface area contributed by atoms with E-state index in [1.165, 1.54) is 12.5 Å². The fourth-order valence-corrected chi connectivity index (χ4v) is 1.94. The zero-order valence-electron chi connectivity index (χ0n) is 7.84. The van der Waals surface area contributed by atoms with Gasteiger partial charge >= 0.3 is 0 Å². The molecule has 0 unspecified atom stereocenters. The van der Waals surface area contributed by atoms with E-state index in [0.717, 1.165) is 0 Å². The molecule has 0 rings (SSSR count). The van der Waals surface area contributed by atoms with E-state index in [0.29, 0.717) is 0 Å². The molecule has 14 heavy (non-hydrogen) atoms. The molecular formula is C6H12N2O4S2. The van der Waals surface area contributed by atoms with Crippen LogP contribution in [0.1, 0.15) is 0 Å². The van der Waals surface area contributed by atoms with Crippen molar-refractivity contribution in [3.63, 3.8) is 0 Å². The first-order chi connectivity index (χ1) is 6.51. The van der Waals surface area contributed by atoms with Gasteiger partial charge in [-0.05, 0) is 0 Å². The van der Waals surface area contributed by atoms with Gasteiger partial charge in [-0.25, -0.2) is 0 Å². The molecule has 0 heterocycles. The van der Waals surface area contributed by atoms with Gasteiger partial charge in [0, 0.05) is 34.1 Å². The van der Waals surface area contributed by atoms with E-state index in [1.54, 1.807) is 0 Å². The largest absolute Gasteiger partial charge is 0.411 e. The third kappa shape index (κ3) is 5.07. The number of hydrogen-bond donors (Lipinski definition) is 2. The zero-order chi connectivity index (χ0) is 11.1. The molecule has 0 aromatic carbocycles. The minimum Gasteiger partial charge on any atom is -0.411 e. The maximum Gasteiger partial charge on any atom is 0.118 e. The van der Waals surface area contributed by atoms with Gasteiger partial charge in [0.25, 0.3) is 0 Å². The molecule has 0 aliphatic rings. The Morgan fingerprint density at radius 3 is 1.43 bits per heavy atom. The molecule has 0 saturated heterocycles. The average molecular weight is 240 g/mol.